The Morgan fingerprint density at radius 2 is 1.83 bits per heavy atom. The third-order valence-corrected chi connectivity index (χ3v) is 3.10. The van der Waals surface area contributed by atoms with Crippen LogP contribution in [0.3, 0.4) is 0 Å². The van der Waals surface area contributed by atoms with E-state index in [0.717, 1.165) is 16.7 Å². The number of carbonyl (C=O) groups excluding carboxylic acids is 1. The van der Waals surface area contributed by atoms with Crippen molar-refractivity contribution in [2.45, 2.75) is 13.8 Å². The van der Waals surface area contributed by atoms with E-state index in [9.17, 15) is 4.79 Å². The van der Waals surface area contributed by atoms with Crippen molar-refractivity contribution >= 4 is 18.2 Å². The van der Waals surface area contributed by atoms with Crippen molar-refractivity contribution < 1.29 is 9.53 Å². The van der Waals surface area contributed by atoms with E-state index in [0.29, 0.717) is 5.75 Å². The smallest absolute Gasteiger partial charge is 0.277 e. The van der Waals surface area contributed by atoms with Gasteiger partial charge >= 0.3 is 0 Å². The van der Waals surface area contributed by atoms with Crippen LogP contribution in [0.25, 0.3) is 6.08 Å². The number of nitrogens with one attached hydrogen (secondary N) is 1. The summed E-state index contributed by atoms with van der Waals surface area (Å²) in [4.78, 5) is 11.7. The lowest BCUT2D eigenvalue weighted by Crippen LogP contribution is -2.24. The van der Waals surface area contributed by atoms with E-state index in [-0.39, 0.29) is 12.5 Å². The standard InChI is InChI=1S/C19H20N2O2/c1-15(12-17-9-4-3-5-10-17)13-20-21-19(22)14-23-18-11-7-6-8-16(18)2/h3-13H,14H2,1-2H3,(H,21,22). The van der Waals surface area contributed by atoms with Crippen molar-refractivity contribution in [2.24, 2.45) is 5.10 Å². The van der Waals surface area contributed by atoms with Crippen LogP contribution in [0.2, 0.25) is 0 Å². The highest BCUT2D eigenvalue weighted by Gasteiger charge is 2.02. The minimum absolute atomic E-state index is 0.0658. The van der Waals surface area contributed by atoms with E-state index in [1.165, 1.54) is 0 Å². The van der Waals surface area contributed by atoms with Gasteiger partial charge < -0.3 is 4.74 Å². The number of ether oxygens (including phenoxy) is 1. The summed E-state index contributed by atoms with van der Waals surface area (Å²) in [7, 11) is 0. The molecule has 4 heteroatoms. The van der Waals surface area contributed by atoms with Gasteiger partial charge in [-0.25, -0.2) is 5.43 Å². The molecule has 1 amide bonds. The van der Waals surface area contributed by atoms with Crippen LogP contribution >= 0.6 is 0 Å². The zero-order valence-electron chi connectivity index (χ0n) is 13.3. The lowest BCUT2D eigenvalue weighted by molar-refractivity contribution is -0.123. The fraction of sp³-hybridized carbons (Fsp3) is 0.158. The van der Waals surface area contributed by atoms with Crippen molar-refractivity contribution in [1.29, 1.82) is 0 Å². The highest BCUT2D eigenvalue weighted by Crippen LogP contribution is 2.15. The number of benzene rings is 2. The molecule has 2 aromatic carbocycles. The Kier molecular flexibility index (Phi) is 6.12. The van der Waals surface area contributed by atoms with E-state index in [2.05, 4.69) is 10.5 Å². The molecule has 4 nitrogen and oxygen atoms in total. The van der Waals surface area contributed by atoms with Crippen LogP contribution in [0.5, 0.6) is 5.75 Å². The summed E-state index contributed by atoms with van der Waals surface area (Å²) in [6, 6.07) is 17.5. The van der Waals surface area contributed by atoms with Gasteiger partial charge in [-0.3, -0.25) is 4.79 Å². The molecule has 0 aliphatic carbocycles. The van der Waals surface area contributed by atoms with Crippen LogP contribution in [-0.2, 0) is 4.79 Å². The second kappa shape index (κ2) is 8.54. The number of rotatable bonds is 6. The first-order valence-corrected chi connectivity index (χ1v) is 7.39. The lowest BCUT2D eigenvalue weighted by Gasteiger charge is -2.07. The minimum atomic E-state index is -0.294. The summed E-state index contributed by atoms with van der Waals surface area (Å²) >= 11 is 0. The SMILES string of the molecule is CC(C=NNC(=O)COc1ccccc1C)=Cc1ccccc1. The van der Waals surface area contributed by atoms with Crippen molar-refractivity contribution in [1.82, 2.24) is 5.43 Å². The number of hydrogen-bond acceptors (Lipinski definition) is 3. The van der Waals surface area contributed by atoms with Gasteiger partial charge in [0.05, 0.1) is 6.21 Å². The van der Waals surface area contributed by atoms with Gasteiger partial charge in [0.1, 0.15) is 5.75 Å². The normalized spacial score (nSPS) is 11.5. The van der Waals surface area contributed by atoms with Crippen LogP contribution in [0.15, 0.2) is 65.3 Å². The monoisotopic (exact) mass is 308 g/mol. The Morgan fingerprint density at radius 3 is 2.57 bits per heavy atom. The average Bonchev–Trinajstić information content (AvgIpc) is 2.55. The predicted molar refractivity (Wildman–Crippen MR) is 93.4 cm³/mol. The fourth-order valence-corrected chi connectivity index (χ4v) is 1.95. The second-order valence-corrected chi connectivity index (χ2v) is 5.15. The highest BCUT2D eigenvalue weighted by atomic mass is 16.5. The number of hydrazone groups is 1. The fourth-order valence-electron chi connectivity index (χ4n) is 1.95. The molecule has 0 heterocycles. The summed E-state index contributed by atoms with van der Waals surface area (Å²) in [5.74, 6) is 0.406. The number of allylic oxidation sites excluding steroid dienone is 1. The Balaban J connectivity index is 1.80. The lowest BCUT2D eigenvalue weighted by atomic mass is 10.1. The van der Waals surface area contributed by atoms with Gasteiger partial charge in [-0.15, -0.1) is 0 Å². The number of para-hydroxylation sites is 1. The van der Waals surface area contributed by atoms with Gasteiger partial charge in [-0.1, -0.05) is 54.6 Å². The molecule has 0 saturated heterocycles. The summed E-state index contributed by atoms with van der Waals surface area (Å²) < 4.78 is 5.45. The van der Waals surface area contributed by atoms with E-state index >= 15 is 0 Å². The van der Waals surface area contributed by atoms with E-state index in [1.54, 1.807) is 6.21 Å². The van der Waals surface area contributed by atoms with Crippen molar-refractivity contribution in [3.05, 3.63) is 71.3 Å². The average molecular weight is 308 g/mol. The molecule has 23 heavy (non-hydrogen) atoms. The zero-order chi connectivity index (χ0) is 16.5. The molecule has 0 radical (unpaired) electrons. The molecule has 0 aromatic heterocycles. The first-order valence-electron chi connectivity index (χ1n) is 7.39. The van der Waals surface area contributed by atoms with Gasteiger partial charge in [0, 0.05) is 0 Å². The van der Waals surface area contributed by atoms with E-state index in [1.807, 2.05) is 74.5 Å². The quantitative estimate of drug-likeness (QED) is 0.655. The van der Waals surface area contributed by atoms with Crippen LogP contribution < -0.4 is 10.2 Å². The maximum Gasteiger partial charge on any atom is 0.277 e. The van der Waals surface area contributed by atoms with Crippen molar-refractivity contribution in [3.63, 3.8) is 0 Å². The molecule has 2 aromatic rings. The van der Waals surface area contributed by atoms with Crippen LogP contribution in [0.4, 0.5) is 0 Å². The molecule has 2 rings (SSSR count). The van der Waals surface area contributed by atoms with Gasteiger partial charge in [0.25, 0.3) is 5.91 Å². The molecule has 118 valence electrons. The molecule has 0 aliphatic heterocycles. The number of aryl methyl sites for hydroxylation is 1. The molecule has 0 aliphatic rings. The Labute approximate surface area is 136 Å². The van der Waals surface area contributed by atoms with Crippen molar-refractivity contribution in [3.8, 4) is 5.75 Å². The summed E-state index contributed by atoms with van der Waals surface area (Å²) in [5, 5.41) is 3.93. The first kappa shape index (κ1) is 16.5. The molecule has 0 saturated carbocycles. The Morgan fingerprint density at radius 1 is 1.13 bits per heavy atom. The molecule has 0 atom stereocenters. The third-order valence-electron chi connectivity index (χ3n) is 3.10. The van der Waals surface area contributed by atoms with Crippen LogP contribution in [-0.4, -0.2) is 18.7 Å². The van der Waals surface area contributed by atoms with E-state index < -0.39 is 0 Å². The van der Waals surface area contributed by atoms with Gasteiger partial charge in [0.2, 0.25) is 0 Å². The number of nitrogens with zero attached hydrogens (tertiary/aromatic N) is 1. The predicted octanol–water partition coefficient (Wildman–Crippen LogP) is 3.58. The Bertz CT molecular complexity index is 706. The van der Waals surface area contributed by atoms with E-state index in [4.69, 9.17) is 4.74 Å². The molecular formula is C19H20N2O2. The van der Waals surface area contributed by atoms with Crippen LogP contribution in [0.1, 0.15) is 18.1 Å². The highest BCUT2D eigenvalue weighted by molar-refractivity contribution is 5.86. The molecule has 0 bridgehead atoms. The maximum absolute atomic E-state index is 11.7. The molecule has 0 fully saturated rings. The Hall–Kier alpha value is -2.88. The molecule has 1 N–H and O–H groups in total. The van der Waals surface area contributed by atoms with Crippen molar-refractivity contribution in [2.75, 3.05) is 6.61 Å². The van der Waals surface area contributed by atoms with Crippen LogP contribution in [0, 0.1) is 6.92 Å². The second-order valence-electron chi connectivity index (χ2n) is 5.15. The summed E-state index contributed by atoms with van der Waals surface area (Å²) in [6.45, 7) is 3.79. The summed E-state index contributed by atoms with van der Waals surface area (Å²) in [6.07, 6.45) is 3.60. The van der Waals surface area contributed by atoms with Gasteiger partial charge in [-0.05, 0) is 36.6 Å². The summed E-state index contributed by atoms with van der Waals surface area (Å²) in [5.41, 5.74) is 5.47. The molecule has 0 spiro atoms. The first-order chi connectivity index (χ1) is 11.1. The zero-order valence-corrected chi connectivity index (χ0v) is 13.3. The number of hydrogen-bond donors (Lipinski definition) is 1. The number of amides is 1. The van der Waals surface area contributed by atoms with Gasteiger partial charge in [0.15, 0.2) is 6.61 Å². The van der Waals surface area contributed by atoms with Gasteiger partial charge in [-0.2, -0.15) is 5.10 Å². The largest absolute Gasteiger partial charge is 0.483 e. The molecular weight excluding hydrogens is 288 g/mol. The topological polar surface area (TPSA) is 50.7 Å². The third kappa shape index (κ3) is 5.79. The minimum Gasteiger partial charge on any atom is -0.483 e. The molecule has 0 unspecified atom stereocenters. The maximum atomic E-state index is 11.7. The number of carbonyl (C=O) groups is 1.